The smallest absolute Gasteiger partial charge is 0.177 e. The van der Waals surface area contributed by atoms with E-state index in [0.717, 1.165) is 31.4 Å². The molecular weight excluding hydrogens is 238 g/mol. The van der Waals surface area contributed by atoms with E-state index in [2.05, 4.69) is 0 Å². The van der Waals surface area contributed by atoms with Gasteiger partial charge in [0.2, 0.25) is 0 Å². The highest BCUT2D eigenvalue weighted by molar-refractivity contribution is 7.90. The van der Waals surface area contributed by atoms with E-state index in [1.165, 1.54) is 6.26 Å². The second-order valence-electron chi connectivity index (χ2n) is 4.42. The van der Waals surface area contributed by atoms with Gasteiger partial charge in [0.05, 0.1) is 16.7 Å². The number of hydrogen-bond donors (Lipinski definition) is 1. The summed E-state index contributed by atoms with van der Waals surface area (Å²) in [5.41, 5.74) is 6.89. The molecule has 1 aliphatic rings. The van der Waals surface area contributed by atoms with Gasteiger partial charge >= 0.3 is 0 Å². The van der Waals surface area contributed by atoms with Crippen LogP contribution < -0.4 is 5.73 Å². The van der Waals surface area contributed by atoms with Gasteiger partial charge in [0, 0.05) is 12.9 Å². The molecule has 1 aromatic carbocycles. The third-order valence-electron chi connectivity index (χ3n) is 2.99. The third kappa shape index (κ3) is 2.79. The van der Waals surface area contributed by atoms with Crippen molar-refractivity contribution in [3.63, 3.8) is 0 Å². The van der Waals surface area contributed by atoms with Crippen LogP contribution in [0.3, 0.4) is 0 Å². The van der Waals surface area contributed by atoms with Crippen molar-refractivity contribution < 1.29 is 13.2 Å². The first kappa shape index (κ1) is 12.4. The molecule has 0 aromatic heterocycles. The minimum atomic E-state index is -3.28. The van der Waals surface area contributed by atoms with Crippen LogP contribution >= 0.6 is 0 Å². The zero-order valence-electron chi connectivity index (χ0n) is 9.85. The Morgan fingerprint density at radius 1 is 1.35 bits per heavy atom. The van der Waals surface area contributed by atoms with Crippen LogP contribution in [0.2, 0.25) is 0 Å². The van der Waals surface area contributed by atoms with Crippen molar-refractivity contribution in [1.82, 2.24) is 0 Å². The van der Waals surface area contributed by atoms with Gasteiger partial charge in [-0.2, -0.15) is 0 Å². The first-order valence-electron chi connectivity index (χ1n) is 5.69. The van der Waals surface area contributed by atoms with Crippen molar-refractivity contribution in [2.45, 2.75) is 30.3 Å². The summed E-state index contributed by atoms with van der Waals surface area (Å²) >= 11 is 0. The maximum atomic E-state index is 11.6. The lowest BCUT2D eigenvalue weighted by Gasteiger charge is -2.23. The Bertz CT molecular complexity index is 504. The summed E-state index contributed by atoms with van der Waals surface area (Å²) in [6, 6.07) is 5.13. The highest BCUT2D eigenvalue weighted by atomic mass is 32.2. The average molecular weight is 255 g/mol. The molecule has 1 aliphatic heterocycles. The predicted molar refractivity (Wildman–Crippen MR) is 66.5 cm³/mol. The Hall–Kier alpha value is -1.07. The molecule has 2 rings (SSSR count). The highest BCUT2D eigenvalue weighted by Crippen LogP contribution is 2.30. The van der Waals surface area contributed by atoms with Gasteiger partial charge in [-0.3, -0.25) is 0 Å². The molecule has 0 spiro atoms. The number of nitrogens with two attached hydrogens (primary N) is 1. The summed E-state index contributed by atoms with van der Waals surface area (Å²) in [7, 11) is -3.28. The van der Waals surface area contributed by atoms with E-state index < -0.39 is 9.84 Å². The standard InChI is InChI=1S/C12H17NO3S/c1-17(14,15)12-8-9(5-6-10(12)13)11-4-2-3-7-16-11/h5-6,8,11H,2-4,7,13H2,1H3/t11-/m0/s1. The molecule has 1 saturated heterocycles. The van der Waals surface area contributed by atoms with Crippen LogP contribution in [0.4, 0.5) is 5.69 Å². The van der Waals surface area contributed by atoms with Gasteiger partial charge in [-0.15, -0.1) is 0 Å². The lowest BCUT2D eigenvalue weighted by molar-refractivity contribution is 0.0148. The lowest BCUT2D eigenvalue weighted by Crippen LogP contribution is -2.12. The molecule has 0 bridgehead atoms. The first-order valence-corrected chi connectivity index (χ1v) is 7.59. The Morgan fingerprint density at radius 3 is 2.71 bits per heavy atom. The Kier molecular flexibility index (Phi) is 3.40. The summed E-state index contributed by atoms with van der Waals surface area (Å²) in [5.74, 6) is 0. The summed E-state index contributed by atoms with van der Waals surface area (Å²) in [5, 5.41) is 0. The summed E-state index contributed by atoms with van der Waals surface area (Å²) in [4.78, 5) is 0.198. The van der Waals surface area contributed by atoms with Crippen LogP contribution in [0.25, 0.3) is 0 Å². The fourth-order valence-electron chi connectivity index (χ4n) is 2.08. The van der Waals surface area contributed by atoms with E-state index in [9.17, 15) is 8.42 Å². The van der Waals surface area contributed by atoms with Crippen LogP contribution in [0.15, 0.2) is 23.1 Å². The molecule has 0 amide bonds. The van der Waals surface area contributed by atoms with Gasteiger partial charge in [0.1, 0.15) is 0 Å². The average Bonchev–Trinajstić information content (AvgIpc) is 2.29. The van der Waals surface area contributed by atoms with Gasteiger partial charge in [-0.05, 0) is 37.0 Å². The van der Waals surface area contributed by atoms with Crippen molar-refractivity contribution in [3.05, 3.63) is 23.8 Å². The van der Waals surface area contributed by atoms with Crippen LogP contribution in [-0.2, 0) is 14.6 Å². The van der Waals surface area contributed by atoms with E-state index >= 15 is 0 Å². The fourth-order valence-corrected chi connectivity index (χ4v) is 2.92. The third-order valence-corrected chi connectivity index (χ3v) is 4.14. The van der Waals surface area contributed by atoms with Gasteiger partial charge in [0.25, 0.3) is 0 Å². The molecule has 4 nitrogen and oxygen atoms in total. The number of nitrogen functional groups attached to an aromatic ring is 1. The Labute approximate surface area is 102 Å². The molecule has 1 heterocycles. The maximum absolute atomic E-state index is 11.6. The van der Waals surface area contributed by atoms with Gasteiger partial charge < -0.3 is 10.5 Å². The monoisotopic (exact) mass is 255 g/mol. The van der Waals surface area contributed by atoms with Gasteiger partial charge in [0.15, 0.2) is 9.84 Å². The first-order chi connectivity index (χ1) is 7.98. The minimum absolute atomic E-state index is 0.00449. The van der Waals surface area contributed by atoms with Crippen LogP contribution in [-0.4, -0.2) is 21.3 Å². The van der Waals surface area contributed by atoms with Crippen molar-refractivity contribution in [1.29, 1.82) is 0 Å². The van der Waals surface area contributed by atoms with Crippen LogP contribution in [0, 0.1) is 0 Å². The molecule has 5 heteroatoms. The minimum Gasteiger partial charge on any atom is -0.398 e. The topological polar surface area (TPSA) is 69.4 Å². The molecule has 0 radical (unpaired) electrons. The van der Waals surface area contributed by atoms with Crippen molar-refractivity contribution in [2.24, 2.45) is 0 Å². The number of hydrogen-bond acceptors (Lipinski definition) is 4. The summed E-state index contributed by atoms with van der Waals surface area (Å²) in [6.07, 6.45) is 4.30. The molecule has 0 saturated carbocycles. The van der Waals surface area contributed by atoms with Crippen LogP contribution in [0.5, 0.6) is 0 Å². The SMILES string of the molecule is CS(=O)(=O)c1cc([C@@H]2CCCCO2)ccc1N. The molecule has 94 valence electrons. The van der Waals surface area contributed by atoms with Gasteiger partial charge in [-0.1, -0.05) is 6.07 Å². The molecular formula is C12H17NO3S. The molecule has 2 N–H and O–H groups in total. The van der Waals surface area contributed by atoms with Crippen molar-refractivity contribution >= 4 is 15.5 Å². The predicted octanol–water partition coefficient (Wildman–Crippen LogP) is 1.91. The second-order valence-corrected chi connectivity index (χ2v) is 6.41. The zero-order chi connectivity index (χ0) is 12.5. The van der Waals surface area contributed by atoms with Gasteiger partial charge in [-0.25, -0.2) is 8.42 Å². The summed E-state index contributed by atoms with van der Waals surface area (Å²) < 4.78 is 28.8. The molecule has 1 aromatic rings. The van der Waals surface area contributed by atoms with E-state index in [4.69, 9.17) is 10.5 Å². The second kappa shape index (κ2) is 4.66. The van der Waals surface area contributed by atoms with E-state index in [0.29, 0.717) is 5.69 Å². The molecule has 17 heavy (non-hydrogen) atoms. The van der Waals surface area contributed by atoms with Crippen molar-refractivity contribution in [2.75, 3.05) is 18.6 Å². The lowest BCUT2D eigenvalue weighted by atomic mass is 10.0. The van der Waals surface area contributed by atoms with E-state index in [1.54, 1.807) is 12.1 Å². The normalized spacial score (nSPS) is 21.4. The number of rotatable bonds is 2. The maximum Gasteiger partial charge on any atom is 0.177 e. The highest BCUT2D eigenvalue weighted by Gasteiger charge is 2.19. The quantitative estimate of drug-likeness (QED) is 0.820. The van der Waals surface area contributed by atoms with Crippen molar-refractivity contribution in [3.8, 4) is 0 Å². The summed E-state index contributed by atoms with van der Waals surface area (Å²) in [6.45, 7) is 0.739. The molecule has 1 atom stereocenters. The number of sulfone groups is 1. The Morgan fingerprint density at radius 2 is 2.12 bits per heavy atom. The molecule has 0 aliphatic carbocycles. The molecule has 0 unspecified atom stereocenters. The van der Waals surface area contributed by atoms with E-state index in [-0.39, 0.29) is 11.0 Å². The molecule has 1 fully saturated rings. The fraction of sp³-hybridized carbons (Fsp3) is 0.500. The number of benzene rings is 1. The zero-order valence-corrected chi connectivity index (χ0v) is 10.7. The number of ether oxygens (including phenoxy) is 1. The van der Waals surface area contributed by atoms with Crippen LogP contribution in [0.1, 0.15) is 30.9 Å². The largest absolute Gasteiger partial charge is 0.398 e. The number of anilines is 1. The Balaban J connectivity index is 2.37. The van der Waals surface area contributed by atoms with E-state index in [1.807, 2.05) is 6.07 Å².